The van der Waals surface area contributed by atoms with Gasteiger partial charge in [-0.3, -0.25) is 0 Å². The summed E-state index contributed by atoms with van der Waals surface area (Å²) in [6, 6.07) is 15.8. The Labute approximate surface area is 98.6 Å². The average Bonchev–Trinajstić information content (AvgIpc) is 2.67. The van der Waals surface area contributed by atoms with Crippen LogP contribution in [0.25, 0.3) is 11.1 Å². The molecule has 2 aromatic carbocycles. The van der Waals surface area contributed by atoms with Crippen molar-refractivity contribution in [3.8, 4) is 11.1 Å². The molecule has 2 aromatic rings. The van der Waals surface area contributed by atoms with Gasteiger partial charge in [0, 0.05) is 0 Å². The van der Waals surface area contributed by atoms with Crippen LogP contribution in [0.1, 0.15) is 13.8 Å². The monoisotopic (exact) mass is 230 g/mol. The lowest BCUT2D eigenvalue weighted by atomic mass is 10.1. The average molecular weight is 230 g/mol. The van der Waals surface area contributed by atoms with Crippen molar-refractivity contribution in [2.45, 2.75) is 23.6 Å². The Balaban J connectivity index is 0.000000457. The van der Waals surface area contributed by atoms with Gasteiger partial charge in [-0.1, -0.05) is 50.2 Å². The molecule has 2 heteroatoms. The fourth-order valence-electron chi connectivity index (χ4n) is 1.82. The van der Waals surface area contributed by atoms with E-state index >= 15 is 0 Å². The van der Waals surface area contributed by atoms with E-state index in [0.29, 0.717) is 0 Å². The first-order chi connectivity index (χ1) is 7.88. The molecule has 0 saturated carbocycles. The zero-order valence-corrected chi connectivity index (χ0v) is 10.3. The molecule has 1 nitrogen and oxygen atoms in total. The third kappa shape index (κ3) is 1.59. The highest BCUT2D eigenvalue weighted by Gasteiger charge is 2.23. The summed E-state index contributed by atoms with van der Waals surface area (Å²) in [4.78, 5) is 1.88. The molecule has 0 amide bonds. The molecule has 0 saturated heterocycles. The van der Waals surface area contributed by atoms with Crippen LogP contribution in [-0.4, -0.2) is 4.21 Å². The van der Waals surface area contributed by atoms with Crippen LogP contribution in [0.5, 0.6) is 0 Å². The Morgan fingerprint density at radius 1 is 0.750 bits per heavy atom. The predicted molar refractivity (Wildman–Crippen MR) is 67.9 cm³/mol. The van der Waals surface area contributed by atoms with E-state index in [4.69, 9.17) is 0 Å². The molecule has 3 rings (SSSR count). The van der Waals surface area contributed by atoms with E-state index in [2.05, 4.69) is 0 Å². The number of benzene rings is 2. The van der Waals surface area contributed by atoms with Crippen LogP contribution < -0.4 is 0 Å². The molecule has 0 atom stereocenters. The topological polar surface area (TPSA) is 17.1 Å². The fourth-order valence-corrected chi connectivity index (χ4v) is 3.22. The van der Waals surface area contributed by atoms with E-state index in [9.17, 15) is 4.21 Å². The number of hydrogen-bond acceptors (Lipinski definition) is 1. The smallest absolute Gasteiger partial charge is 0.0862 e. The van der Waals surface area contributed by atoms with Gasteiger partial charge in [0.2, 0.25) is 0 Å². The van der Waals surface area contributed by atoms with Gasteiger partial charge in [0.15, 0.2) is 0 Å². The van der Waals surface area contributed by atoms with Crippen LogP contribution in [-0.2, 0) is 10.8 Å². The van der Waals surface area contributed by atoms with Crippen molar-refractivity contribution in [3.05, 3.63) is 48.5 Å². The number of fused-ring (bicyclic) bond motifs is 3. The molecule has 0 bridgehead atoms. The van der Waals surface area contributed by atoms with Gasteiger partial charge in [-0.25, -0.2) is 4.21 Å². The second-order valence-corrected chi connectivity index (χ2v) is 4.68. The van der Waals surface area contributed by atoms with Crippen LogP contribution >= 0.6 is 0 Å². The summed E-state index contributed by atoms with van der Waals surface area (Å²) in [6.45, 7) is 4.00. The SMILES string of the molecule is CC.O=S1c2ccccc2-c2ccccc21. The van der Waals surface area contributed by atoms with Gasteiger partial charge < -0.3 is 0 Å². The maximum atomic E-state index is 12.0. The molecule has 1 heterocycles. The molecule has 0 spiro atoms. The Kier molecular flexibility index (Phi) is 3.20. The second-order valence-electron chi connectivity index (χ2n) is 3.26. The first-order valence-electron chi connectivity index (χ1n) is 5.48. The molecular weight excluding hydrogens is 216 g/mol. The number of rotatable bonds is 0. The van der Waals surface area contributed by atoms with Gasteiger partial charge in [-0.2, -0.15) is 0 Å². The minimum Gasteiger partial charge on any atom is -0.249 e. The highest BCUT2D eigenvalue weighted by Crippen LogP contribution is 2.39. The van der Waals surface area contributed by atoms with Crippen molar-refractivity contribution in [2.75, 3.05) is 0 Å². The van der Waals surface area contributed by atoms with Crippen LogP contribution in [0.3, 0.4) is 0 Å². The summed E-state index contributed by atoms with van der Waals surface area (Å²) in [6.07, 6.45) is 0. The third-order valence-electron chi connectivity index (χ3n) is 2.46. The first-order valence-corrected chi connectivity index (χ1v) is 6.63. The van der Waals surface area contributed by atoms with Crippen molar-refractivity contribution in [1.82, 2.24) is 0 Å². The summed E-state index contributed by atoms with van der Waals surface area (Å²) in [5.41, 5.74) is 2.22. The van der Waals surface area contributed by atoms with Crippen molar-refractivity contribution in [1.29, 1.82) is 0 Å². The zero-order chi connectivity index (χ0) is 11.5. The standard InChI is InChI=1S/C12H8OS.C2H6/c13-14-11-7-3-1-5-9(11)10-6-2-4-8-12(10)14;1-2/h1-8H;1-2H3. The zero-order valence-electron chi connectivity index (χ0n) is 9.44. The molecule has 0 fully saturated rings. The Morgan fingerprint density at radius 2 is 1.12 bits per heavy atom. The highest BCUT2D eigenvalue weighted by molar-refractivity contribution is 7.85. The van der Waals surface area contributed by atoms with Crippen LogP contribution in [0.2, 0.25) is 0 Å². The molecule has 1 aliphatic heterocycles. The van der Waals surface area contributed by atoms with E-state index in [1.54, 1.807) is 0 Å². The van der Waals surface area contributed by atoms with Gasteiger partial charge in [-0.15, -0.1) is 0 Å². The molecular formula is C14H14OS. The third-order valence-corrected chi connectivity index (χ3v) is 3.97. The normalized spacial score (nSPS) is 12.4. The lowest BCUT2D eigenvalue weighted by Crippen LogP contribution is -1.84. The molecule has 0 N–H and O–H groups in total. The predicted octanol–water partition coefficient (Wildman–Crippen LogP) is 3.86. The van der Waals surface area contributed by atoms with Crippen LogP contribution in [0, 0.1) is 0 Å². The van der Waals surface area contributed by atoms with Gasteiger partial charge in [-0.05, 0) is 23.3 Å². The van der Waals surface area contributed by atoms with Crippen LogP contribution in [0.4, 0.5) is 0 Å². The molecule has 0 radical (unpaired) electrons. The minimum atomic E-state index is -0.973. The minimum absolute atomic E-state index is 0.939. The summed E-state index contributed by atoms with van der Waals surface area (Å²) < 4.78 is 12.0. The van der Waals surface area contributed by atoms with E-state index < -0.39 is 10.8 Å². The maximum Gasteiger partial charge on any atom is 0.0862 e. The Hall–Kier alpha value is -1.41. The van der Waals surface area contributed by atoms with E-state index in [1.807, 2.05) is 62.4 Å². The molecule has 0 aliphatic carbocycles. The molecule has 0 unspecified atom stereocenters. The van der Waals surface area contributed by atoms with Gasteiger partial charge in [0.1, 0.15) is 0 Å². The quantitative estimate of drug-likeness (QED) is 0.573. The lowest BCUT2D eigenvalue weighted by molar-refractivity contribution is 0.685. The van der Waals surface area contributed by atoms with Crippen molar-refractivity contribution >= 4 is 10.8 Å². The van der Waals surface area contributed by atoms with Gasteiger partial charge in [0.25, 0.3) is 0 Å². The fraction of sp³-hybridized carbons (Fsp3) is 0.143. The summed E-state index contributed by atoms with van der Waals surface area (Å²) in [5, 5.41) is 0. The first kappa shape index (κ1) is 11.1. The van der Waals surface area contributed by atoms with Crippen LogP contribution in [0.15, 0.2) is 58.3 Å². The highest BCUT2D eigenvalue weighted by atomic mass is 32.2. The van der Waals surface area contributed by atoms with E-state index in [1.165, 1.54) is 0 Å². The summed E-state index contributed by atoms with van der Waals surface area (Å²) >= 11 is 0. The van der Waals surface area contributed by atoms with E-state index in [-0.39, 0.29) is 0 Å². The van der Waals surface area contributed by atoms with E-state index in [0.717, 1.165) is 20.9 Å². The Bertz CT molecular complexity index is 484. The molecule has 0 aromatic heterocycles. The Morgan fingerprint density at radius 3 is 1.56 bits per heavy atom. The second kappa shape index (κ2) is 4.62. The lowest BCUT2D eigenvalue weighted by Gasteiger charge is -1.95. The van der Waals surface area contributed by atoms with Gasteiger partial charge >= 0.3 is 0 Å². The summed E-state index contributed by atoms with van der Waals surface area (Å²) in [7, 11) is -0.973. The van der Waals surface area contributed by atoms with Crippen molar-refractivity contribution < 1.29 is 4.21 Å². The largest absolute Gasteiger partial charge is 0.249 e. The maximum absolute atomic E-state index is 12.0. The molecule has 82 valence electrons. The molecule has 16 heavy (non-hydrogen) atoms. The summed E-state index contributed by atoms with van der Waals surface area (Å²) in [5.74, 6) is 0. The van der Waals surface area contributed by atoms with Gasteiger partial charge in [0.05, 0.1) is 20.6 Å². The number of hydrogen-bond donors (Lipinski definition) is 0. The van der Waals surface area contributed by atoms with Crippen molar-refractivity contribution in [3.63, 3.8) is 0 Å². The van der Waals surface area contributed by atoms with Crippen molar-refractivity contribution in [2.24, 2.45) is 0 Å². The molecule has 1 aliphatic rings.